The molecule has 16 heavy (non-hydrogen) atoms. The average Bonchev–Trinajstić information content (AvgIpc) is 2.64. The van der Waals surface area contributed by atoms with Crippen LogP contribution >= 0.6 is 0 Å². The minimum absolute atomic E-state index is 0.237. The van der Waals surface area contributed by atoms with Crippen LogP contribution < -0.4 is 11.1 Å². The average molecular weight is 218 g/mol. The monoisotopic (exact) mass is 218 g/mol. The molecule has 0 aliphatic heterocycles. The topological polar surface area (TPSA) is 94.0 Å². The van der Waals surface area contributed by atoms with Crippen molar-refractivity contribution in [2.75, 3.05) is 11.1 Å². The second kappa shape index (κ2) is 4.01. The fourth-order valence-electron chi connectivity index (χ4n) is 1.18. The summed E-state index contributed by atoms with van der Waals surface area (Å²) in [7, 11) is 0. The first-order chi connectivity index (χ1) is 7.65. The Balaban J connectivity index is 2.14. The van der Waals surface area contributed by atoms with Crippen LogP contribution in [0.5, 0.6) is 0 Å². The maximum Gasteiger partial charge on any atom is 0.275 e. The first-order valence-electron chi connectivity index (χ1n) is 4.61. The molecule has 0 saturated heterocycles. The van der Waals surface area contributed by atoms with Crippen LogP contribution in [0.3, 0.4) is 0 Å². The predicted octanol–water partition coefficient (Wildman–Crippen LogP) is 1.21. The molecule has 0 saturated carbocycles. The zero-order chi connectivity index (χ0) is 11.5. The predicted molar refractivity (Wildman–Crippen MR) is 57.8 cm³/mol. The molecule has 1 amide bonds. The molecule has 3 N–H and O–H groups in total. The van der Waals surface area contributed by atoms with Gasteiger partial charge >= 0.3 is 0 Å². The fourth-order valence-corrected chi connectivity index (χ4v) is 1.18. The van der Waals surface area contributed by atoms with E-state index in [2.05, 4.69) is 15.5 Å². The Morgan fingerprint density at radius 3 is 2.94 bits per heavy atom. The van der Waals surface area contributed by atoms with Crippen LogP contribution in [0.1, 0.15) is 16.2 Å². The van der Waals surface area contributed by atoms with Crippen molar-refractivity contribution in [3.8, 4) is 0 Å². The lowest BCUT2D eigenvalue weighted by Crippen LogP contribution is -2.14. The molecule has 6 nitrogen and oxygen atoms in total. The van der Waals surface area contributed by atoms with E-state index >= 15 is 0 Å². The number of nitrogens with zero attached hydrogens (tertiary/aromatic N) is 2. The molecule has 0 atom stereocenters. The van der Waals surface area contributed by atoms with Crippen LogP contribution in [-0.4, -0.2) is 16.0 Å². The summed E-state index contributed by atoms with van der Waals surface area (Å²) in [6, 6.07) is 4.71. The van der Waals surface area contributed by atoms with Gasteiger partial charge in [0.05, 0.1) is 0 Å². The van der Waals surface area contributed by atoms with Gasteiger partial charge in [0, 0.05) is 18.0 Å². The zero-order valence-corrected chi connectivity index (χ0v) is 8.60. The van der Waals surface area contributed by atoms with Crippen molar-refractivity contribution in [3.05, 3.63) is 35.9 Å². The van der Waals surface area contributed by atoms with Gasteiger partial charge in [0.1, 0.15) is 11.5 Å². The summed E-state index contributed by atoms with van der Waals surface area (Å²) in [5.41, 5.74) is 6.26. The largest absolute Gasteiger partial charge is 0.399 e. The van der Waals surface area contributed by atoms with Gasteiger partial charge in [0.15, 0.2) is 5.82 Å². The Morgan fingerprint density at radius 1 is 1.50 bits per heavy atom. The van der Waals surface area contributed by atoms with Gasteiger partial charge in [0.25, 0.3) is 5.91 Å². The lowest BCUT2D eigenvalue weighted by atomic mass is 10.3. The molecular formula is C10H10N4O2. The second-order valence-corrected chi connectivity index (χ2v) is 3.25. The molecule has 2 aromatic heterocycles. The van der Waals surface area contributed by atoms with E-state index in [1.807, 2.05) is 0 Å². The summed E-state index contributed by atoms with van der Waals surface area (Å²) >= 11 is 0. The van der Waals surface area contributed by atoms with E-state index in [1.165, 1.54) is 12.3 Å². The molecule has 0 aliphatic rings. The van der Waals surface area contributed by atoms with Gasteiger partial charge in [-0.15, -0.1) is 0 Å². The summed E-state index contributed by atoms with van der Waals surface area (Å²) in [5, 5.41) is 6.18. The van der Waals surface area contributed by atoms with Gasteiger partial charge in [-0.3, -0.25) is 9.78 Å². The maximum atomic E-state index is 11.7. The highest BCUT2D eigenvalue weighted by Crippen LogP contribution is 2.09. The molecule has 82 valence electrons. The molecule has 0 bridgehead atoms. The number of hydrogen-bond donors (Lipinski definition) is 2. The Labute approximate surface area is 91.5 Å². The van der Waals surface area contributed by atoms with Crippen LogP contribution in [0.4, 0.5) is 11.5 Å². The Morgan fingerprint density at radius 2 is 2.31 bits per heavy atom. The smallest absolute Gasteiger partial charge is 0.275 e. The molecule has 0 aromatic carbocycles. The van der Waals surface area contributed by atoms with Crippen LogP contribution in [0.15, 0.2) is 28.9 Å². The maximum absolute atomic E-state index is 11.7. The first kappa shape index (κ1) is 10.2. The van der Waals surface area contributed by atoms with Gasteiger partial charge in [-0.05, 0) is 19.1 Å². The number of amides is 1. The molecule has 0 unspecified atom stereocenters. The normalized spacial score (nSPS) is 10.1. The van der Waals surface area contributed by atoms with Crippen molar-refractivity contribution in [3.63, 3.8) is 0 Å². The summed E-state index contributed by atoms with van der Waals surface area (Å²) in [5.74, 6) is 0.600. The summed E-state index contributed by atoms with van der Waals surface area (Å²) in [4.78, 5) is 15.6. The minimum atomic E-state index is -0.374. The molecule has 0 radical (unpaired) electrons. The van der Waals surface area contributed by atoms with Crippen LogP contribution in [0, 0.1) is 6.92 Å². The third kappa shape index (κ3) is 2.17. The molecule has 0 aliphatic carbocycles. The highest BCUT2D eigenvalue weighted by Gasteiger charge is 2.09. The molecule has 2 rings (SSSR count). The summed E-state index contributed by atoms with van der Waals surface area (Å²) in [6.07, 6.45) is 1.47. The van der Waals surface area contributed by atoms with E-state index in [-0.39, 0.29) is 11.6 Å². The van der Waals surface area contributed by atoms with E-state index < -0.39 is 0 Å². The Hall–Kier alpha value is -2.37. The van der Waals surface area contributed by atoms with Gasteiger partial charge in [-0.2, -0.15) is 0 Å². The lowest BCUT2D eigenvalue weighted by molar-refractivity contribution is 0.102. The number of rotatable bonds is 2. The highest BCUT2D eigenvalue weighted by molar-refractivity contribution is 6.02. The summed E-state index contributed by atoms with van der Waals surface area (Å²) in [6.45, 7) is 1.74. The van der Waals surface area contributed by atoms with Crippen molar-refractivity contribution in [2.45, 2.75) is 6.92 Å². The quantitative estimate of drug-likeness (QED) is 0.790. The minimum Gasteiger partial charge on any atom is -0.399 e. The number of nitrogen functional groups attached to an aromatic ring is 1. The molecule has 0 spiro atoms. The molecule has 6 heteroatoms. The number of carbonyl (C=O) groups excluding carboxylic acids is 1. The molecular weight excluding hydrogens is 208 g/mol. The molecule has 0 fully saturated rings. The highest BCUT2D eigenvalue weighted by atomic mass is 16.5. The number of aromatic nitrogens is 2. The van der Waals surface area contributed by atoms with E-state index in [1.54, 1.807) is 19.1 Å². The lowest BCUT2D eigenvalue weighted by Gasteiger charge is -2.00. The Kier molecular flexibility index (Phi) is 2.55. The van der Waals surface area contributed by atoms with Crippen molar-refractivity contribution in [1.29, 1.82) is 0 Å². The number of hydrogen-bond acceptors (Lipinski definition) is 5. The third-order valence-electron chi connectivity index (χ3n) is 1.89. The van der Waals surface area contributed by atoms with E-state index in [4.69, 9.17) is 10.3 Å². The zero-order valence-electron chi connectivity index (χ0n) is 8.60. The fraction of sp³-hybridized carbons (Fsp3) is 0.100. The number of nitrogens with two attached hydrogens (primary N) is 1. The second-order valence-electron chi connectivity index (χ2n) is 3.25. The van der Waals surface area contributed by atoms with E-state index in [0.717, 1.165) is 0 Å². The number of anilines is 2. The standard InChI is InChI=1S/C10H10N4O2/c1-6-4-9(14-16-6)13-10(15)8-5-7(11)2-3-12-8/h2-5H,1H3,(H2,11,12)(H,13,14,15). The van der Waals surface area contributed by atoms with E-state index in [0.29, 0.717) is 17.3 Å². The van der Waals surface area contributed by atoms with Crippen molar-refractivity contribution in [1.82, 2.24) is 10.1 Å². The first-order valence-corrected chi connectivity index (χ1v) is 4.61. The van der Waals surface area contributed by atoms with Crippen molar-refractivity contribution in [2.24, 2.45) is 0 Å². The van der Waals surface area contributed by atoms with Crippen molar-refractivity contribution >= 4 is 17.4 Å². The number of carbonyl (C=O) groups is 1. The number of pyridine rings is 1. The third-order valence-corrected chi connectivity index (χ3v) is 1.89. The van der Waals surface area contributed by atoms with Crippen LogP contribution in [-0.2, 0) is 0 Å². The number of aryl methyl sites for hydroxylation is 1. The van der Waals surface area contributed by atoms with Crippen LogP contribution in [0.2, 0.25) is 0 Å². The SMILES string of the molecule is Cc1cc(NC(=O)c2cc(N)ccn2)no1. The number of nitrogens with one attached hydrogen (secondary N) is 1. The van der Waals surface area contributed by atoms with Crippen molar-refractivity contribution < 1.29 is 9.32 Å². The Bertz CT molecular complexity index is 521. The van der Waals surface area contributed by atoms with Crippen LogP contribution in [0.25, 0.3) is 0 Å². The van der Waals surface area contributed by atoms with Gasteiger partial charge in [0.2, 0.25) is 0 Å². The molecule has 2 heterocycles. The molecule has 2 aromatic rings. The van der Waals surface area contributed by atoms with Gasteiger partial charge in [-0.25, -0.2) is 0 Å². The van der Waals surface area contributed by atoms with Gasteiger partial charge in [-0.1, -0.05) is 5.16 Å². The summed E-state index contributed by atoms with van der Waals surface area (Å²) < 4.78 is 4.82. The van der Waals surface area contributed by atoms with Gasteiger partial charge < -0.3 is 15.6 Å². The van der Waals surface area contributed by atoms with E-state index in [9.17, 15) is 4.79 Å².